The highest BCUT2D eigenvalue weighted by atomic mass is 35.5. The van der Waals surface area contributed by atoms with Crippen molar-refractivity contribution in [2.24, 2.45) is 0 Å². The highest BCUT2D eigenvalue weighted by Gasteiger charge is 2.11. The first-order valence-electron chi connectivity index (χ1n) is 7.11. The van der Waals surface area contributed by atoms with E-state index in [0.717, 1.165) is 5.56 Å². The van der Waals surface area contributed by atoms with Crippen LogP contribution in [0.4, 0.5) is 10.1 Å². The highest BCUT2D eigenvalue weighted by Crippen LogP contribution is 2.18. The topological polar surface area (TPSA) is 72.7 Å². The lowest BCUT2D eigenvalue weighted by atomic mass is 10.2. The number of aromatic nitrogens is 4. The summed E-state index contributed by atoms with van der Waals surface area (Å²) in [7, 11) is 0. The molecule has 1 amide bonds. The number of benzene rings is 2. The molecule has 0 spiro atoms. The molecule has 0 atom stereocenters. The van der Waals surface area contributed by atoms with E-state index in [0.29, 0.717) is 22.1 Å². The van der Waals surface area contributed by atoms with Gasteiger partial charge in [0, 0.05) is 16.3 Å². The minimum atomic E-state index is -0.418. The maximum Gasteiger partial charge on any atom is 0.248 e. The number of tetrazole rings is 1. The van der Waals surface area contributed by atoms with Crippen molar-refractivity contribution in [3.8, 4) is 11.4 Å². The minimum absolute atomic E-state index is 0.135. The second-order valence-corrected chi connectivity index (χ2v) is 5.60. The van der Waals surface area contributed by atoms with E-state index in [1.807, 2.05) is 0 Å². The number of halogens is 2. The number of carbonyl (C=O) groups excluding carboxylic acids is 1. The average Bonchev–Trinajstić information content (AvgIpc) is 2.99. The van der Waals surface area contributed by atoms with Gasteiger partial charge in [-0.15, -0.1) is 10.2 Å². The van der Waals surface area contributed by atoms with Gasteiger partial charge in [0.05, 0.1) is 0 Å². The maximum absolute atomic E-state index is 13.2. The predicted molar refractivity (Wildman–Crippen MR) is 88.0 cm³/mol. The molecule has 2 aromatic carbocycles. The molecule has 1 N–H and O–H groups in total. The zero-order valence-electron chi connectivity index (χ0n) is 12.7. The van der Waals surface area contributed by atoms with E-state index in [1.54, 1.807) is 37.3 Å². The molecule has 6 nitrogen and oxygen atoms in total. The molecule has 0 saturated heterocycles. The van der Waals surface area contributed by atoms with E-state index in [9.17, 15) is 9.18 Å². The van der Waals surface area contributed by atoms with Crippen molar-refractivity contribution in [2.75, 3.05) is 5.32 Å². The lowest BCUT2D eigenvalue weighted by Gasteiger charge is -2.07. The van der Waals surface area contributed by atoms with E-state index in [-0.39, 0.29) is 12.5 Å². The molecule has 3 rings (SSSR count). The molecule has 0 fully saturated rings. The molecule has 0 aliphatic carbocycles. The van der Waals surface area contributed by atoms with Crippen LogP contribution >= 0.6 is 11.6 Å². The maximum atomic E-state index is 13.2. The van der Waals surface area contributed by atoms with E-state index in [4.69, 9.17) is 11.6 Å². The van der Waals surface area contributed by atoms with Gasteiger partial charge in [0.1, 0.15) is 12.4 Å². The van der Waals surface area contributed by atoms with Crippen LogP contribution in [0.2, 0.25) is 5.02 Å². The van der Waals surface area contributed by atoms with Crippen LogP contribution in [0.25, 0.3) is 11.4 Å². The van der Waals surface area contributed by atoms with Crippen molar-refractivity contribution >= 4 is 23.2 Å². The molecular weight excluding hydrogens is 333 g/mol. The Hall–Kier alpha value is -2.80. The molecule has 1 heterocycles. The average molecular weight is 346 g/mol. The third-order valence-electron chi connectivity index (χ3n) is 3.29. The number of nitrogens with one attached hydrogen (secondary N) is 1. The number of aryl methyl sites for hydroxylation is 1. The summed E-state index contributed by atoms with van der Waals surface area (Å²) in [5.41, 5.74) is 1.88. The standard InChI is InChI=1S/C16H13ClFN5O/c1-10-5-6-13(18)8-14(10)19-15(24)9-23-21-16(20-22-23)11-3-2-4-12(17)7-11/h2-8H,9H2,1H3,(H,19,24). The number of anilines is 1. The number of hydrogen-bond acceptors (Lipinski definition) is 4. The Labute approximate surface area is 142 Å². The summed E-state index contributed by atoms with van der Waals surface area (Å²) in [6.07, 6.45) is 0. The van der Waals surface area contributed by atoms with Gasteiger partial charge in [-0.2, -0.15) is 4.80 Å². The molecule has 1 aromatic heterocycles. The van der Waals surface area contributed by atoms with Crippen molar-refractivity contribution in [2.45, 2.75) is 13.5 Å². The molecule has 0 aliphatic heterocycles. The summed E-state index contributed by atoms with van der Waals surface area (Å²) in [5, 5.41) is 15.1. The van der Waals surface area contributed by atoms with Crippen LogP contribution < -0.4 is 5.32 Å². The minimum Gasteiger partial charge on any atom is -0.324 e. The molecule has 0 saturated carbocycles. The fourth-order valence-electron chi connectivity index (χ4n) is 2.10. The highest BCUT2D eigenvalue weighted by molar-refractivity contribution is 6.30. The monoisotopic (exact) mass is 345 g/mol. The molecule has 24 heavy (non-hydrogen) atoms. The quantitative estimate of drug-likeness (QED) is 0.788. The largest absolute Gasteiger partial charge is 0.324 e. The Kier molecular flexibility index (Phi) is 4.52. The van der Waals surface area contributed by atoms with E-state index < -0.39 is 5.82 Å². The summed E-state index contributed by atoms with van der Waals surface area (Å²) in [6.45, 7) is 1.64. The Morgan fingerprint density at radius 3 is 2.92 bits per heavy atom. The summed E-state index contributed by atoms with van der Waals surface area (Å²) in [6, 6.07) is 11.2. The normalized spacial score (nSPS) is 10.6. The third kappa shape index (κ3) is 3.75. The first kappa shape index (κ1) is 16.1. The summed E-state index contributed by atoms with van der Waals surface area (Å²) >= 11 is 5.93. The van der Waals surface area contributed by atoms with E-state index >= 15 is 0 Å². The van der Waals surface area contributed by atoms with E-state index in [2.05, 4.69) is 20.7 Å². The zero-order chi connectivity index (χ0) is 17.1. The lowest BCUT2D eigenvalue weighted by Crippen LogP contribution is -2.21. The van der Waals surface area contributed by atoms with Crippen LogP contribution in [0.15, 0.2) is 42.5 Å². The molecule has 0 aliphatic rings. The lowest BCUT2D eigenvalue weighted by molar-refractivity contribution is -0.117. The number of carbonyl (C=O) groups is 1. The van der Waals surface area contributed by atoms with Crippen LogP contribution in [0, 0.1) is 12.7 Å². The third-order valence-corrected chi connectivity index (χ3v) is 3.53. The van der Waals surface area contributed by atoms with Crippen LogP contribution in [0.5, 0.6) is 0 Å². The van der Waals surface area contributed by atoms with Gasteiger partial charge in [-0.3, -0.25) is 4.79 Å². The predicted octanol–water partition coefficient (Wildman–Crippen LogP) is 3.08. The van der Waals surface area contributed by atoms with Crippen molar-refractivity contribution in [3.63, 3.8) is 0 Å². The molecule has 122 valence electrons. The number of nitrogens with zero attached hydrogens (tertiary/aromatic N) is 4. The molecule has 0 radical (unpaired) electrons. The summed E-state index contributed by atoms with van der Waals surface area (Å²) in [4.78, 5) is 13.2. The second kappa shape index (κ2) is 6.76. The molecule has 0 bridgehead atoms. The Morgan fingerprint density at radius 1 is 1.29 bits per heavy atom. The van der Waals surface area contributed by atoms with Gasteiger partial charge < -0.3 is 5.32 Å². The van der Waals surface area contributed by atoms with E-state index in [1.165, 1.54) is 16.9 Å². The Balaban J connectivity index is 1.70. The van der Waals surface area contributed by atoms with Gasteiger partial charge in [0.25, 0.3) is 0 Å². The molecule has 8 heteroatoms. The fraction of sp³-hybridized carbons (Fsp3) is 0.125. The molecule has 3 aromatic rings. The van der Waals surface area contributed by atoms with Gasteiger partial charge >= 0.3 is 0 Å². The SMILES string of the molecule is Cc1ccc(F)cc1NC(=O)Cn1nnc(-c2cccc(Cl)c2)n1. The Morgan fingerprint density at radius 2 is 2.12 bits per heavy atom. The van der Waals surface area contributed by atoms with Crippen molar-refractivity contribution in [3.05, 3.63) is 58.9 Å². The van der Waals surface area contributed by atoms with Crippen molar-refractivity contribution in [1.29, 1.82) is 0 Å². The number of amides is 1. The zero-order valence-corrected chi connectivity index (χ0v) is 13.5. The number of rotatable bonds is 4. The first-order chi connectivity index (χ1) is 11.5. The fourth-order valence-corrected chi connectivity index (χ4v) is 2.29. The summed E-state index contributed by atoms with van der Waals surface area (Å²) < 4.78 is 13.2. The van der Waals surface area contributed by atoms with Gasteiger partial charge in [0.15, 0.2) is 0 Å². The van der Waals surface area contributed by atoms with Crippen LogP contribution in [-0.2, 0) is 11.3 Å². The first-order valence-corrected chi connectivity index (χ1v) is 7.49. The smallest absolute Gasteiger partial charge is 0.248 e. The Bertz CT molecular complexity index is 896. The summed E-state index contributed by atoms with van der Waals surface area (Å²) in [5.74, 6) is -0.427. The van der Waals surface area contributed by atoms with Crippen LogP contribution in [0.1, 0.15) is 5.56 Å². The van der Waals surface area contributed by atoms with Crippen LogP contribution in [0.3, 0.4) is 0 Å². The van der Waals surface area contributed by atoms with Gasteiger partial charge in [-0.05, 0) is 42.0 Å². The number of hydrogen-bond donors (Lipinski definition) is 1. The van der Waals surface area contributed by atoms with Crippen molar-refractivity contribution in [1.82, 2.24) is 20.2 Å². The van der Waals surface area contributed by atoms with Gasteiger partial charge in [-0.25, -0.2) is 4.39 Å². The molecular formula is C16H13ClFN5O. The van der Waals surface area contributed by atoms with Gasteiger partial charge in [-0.1, -0.05) is 29.8 Å². The van der Waals surface area contributed by atoms with Crippen molar-refractivity contribution < 1.29 is 9.18 Å². The van der Waals surface area contributed by atoms with Gasteiger partial charge in [0.2, 0.25) is 11.7 Å². The second-order valence-electron chi connectivity index (χ2n) is 5.16. The molecule has 0 unspecified atom stereocenters. The van der Waals surface area contributed by atoms with Crippen LogP contribution in [-0.4, -0.2) is 26.1 Å².